The predicted octanol–water partition coefficient (Wildman–Crippen LogP) is 4.14. The van der Waals surface area contributed by atoms with Crippen LogP contribution in [-0.4, -0.2) is 29.9 Å². The number of benzene rings is 2. The highest BCUT2D eigenvalue weighted by molar-refractivity contribution is 7.14. The van der Waals surface area contributed by atoms with Crippen molar-refractivity contribution in [1.82, 2.24) is 4.98 Å². The number of rotatable bonds is 6. The zero-order valence-electron chi connectivity index (χ0n) is 17.8. The minimum Gasteiger partial charge on any atom is -0.495 e. The van der Waals surface area contributed by atoms with Crippen LogP contribution in [0.1, 0.15) is 30.5 Å². The van der Waals surface area contributed by atoms with Gasteiger partial charge in [0.25, 0.3) is 0 Å². The number of hydrogen-bond donors (Lipinski definition) is 1. The van der Waals surface area contributed by atoms with Gasteiger partial charge in [-0.3, -0.25) is 19.3 Å². The zero-order valence-corrected chi connectivity index (χ0v) is 18.6. The van der Waals surface area contributed by atoms with Crippen LogP contribution in [0.3, 0.4) is 0 Å². The molecule has 2 amide bonds. The third-order valence-electron chi connectivity index (χ3n) is 5.07. The lowest BCUT2D eigenvalue weighted by Crippen LogP contribution is -2.28. The van der Waals surface area contributed by atoms with E-state index in [4.69, 9.17) is 9.47 Å². The summed E-state index contributed by atoms with van der Waals surface area (Å²) in [5.41, 5.74) is 1.75. The number of hydrogen-bond acceptors (Lipinski definition) is 7. The number of esters is 1. The lowest BCUT2D eigenvalue weighted by Gasteiger charge is -2.24. The van der Waals surface area contributed by atoms with Crippen LogP contribution in [0.4, 0.5) is 20.9 Å². The van der Waals surface area contributed by atoms with Crippen molar-refractivity contribution in [2.75, 3.05) is 17.3 Å². The number of methoxy groups -OCH3 is 1. The first kappa shape index (κ1) is 22.4. The van der Waals surface area contributed by atoms with Gasteiger partial charge in [0, 0.05) is 24.4 Å². The quantitative estimate of drug-likeness (QED) is 0.545. The molecule has 0 radical (unpaired) electrons. The van der Waals surface area contributed by atoms with E-state index in [0.717, 1.165) is 0 Å². The molecule has 0 aliphatic carbocycles. The second-order valence-corrected chi connectivity index (χ2v) is 8.13. The molecular formula is C23H20FN3O5S. The molecule has 0 saturated heterocycles. The molecule has 3 aromatic rings. The van der Waals surface area contributed by atoms with Crippen molar-refractivity contribution < 1.29 is 28.2 Å². The highest BCUT2D eigenvalue weighted by Gasteiger charge is 2.32. The number of carbonyl (C=O) groups excluding carboxylic acids is 3. The summed E-state index contributed by atoms with van der Waals surface area (Å²) in [6.45, 7) is 1.28. The van der Waals surface area contributed by atoms with Gasteiger partial charge in [0.15, 0.2) is 5.13 Å². The SMILES string of the molecule is COc1ccccc1N(C(C)=O)c1nc(COC(=O)C2CC(=O)Nc3cc(F)ccc32)cs1. The number of para-hydroxylation sites is 2. The Hall–Kier alpha value is -3.79. The molecule has 1 aliphatic heterocycles. The number of amides is 2. The maximum atomic E-state index is 13.5. The molecule has 8 nitrogen and oxygen atoms in total. The van der Waals surface area contributed by atoms with Gasteiger partial charge in [-0.25, -0.2) is 9.37 Å². The number of fused-ring (bicyclic) bond motifs is 1. The molecule has 1 aliphatic rings. The molecule has 0 fully saturated rings. The topological polar surface area (TPSA) is 97.8 Å². The molecule has 2 heterocycles. The van der Waals surface area contributed by atoms with Crippen molar-refractivity contribution in [3.63, 3.8) is 0 Å². The largest absolute Gasteiger partial charge is 0.495 e. The van der Waals surface area contributed by atoms with E-state index >= 15 is 0 Å². The molecule has 0 saturated carbocycles. The van der Waals surface area contributed by atoms with Crippen LogP contribution in [0.25, 0.3) is 0 Å². The van der Waals surface area contributed by atoms with E-state index in [1.165, 1.54) is 48.5 Å². The molecule has 170 valence electrons. The van der Waals surface area contributed by atoms with Gasteiger partial charge >= 0.3 is 5.97 Å². The van der Waals surface area contributed by atoms with Gasteiger partial charge < -0.3 is 14.8 Å². The van der Waals surface area contributed by atoms with E-state index in [1.807, 2.05) is 0 Å². The second-order valence-electron chi connectivity index (χ2n) is 7.29. The normalized spacial score (nSPS) is 14.8. The second kappa shape index (κ2) is 9.37. The van der Waals surface area contributed by atoms with Gasteiger partial charge in [-0.05, 0) is 29.8 Å². The predicted molar refractivity (Wildman–Crippen MR) is 120 cm³/mol. The summed E-state index contributed by atoms with van der Waals surface area (Å²) in [4.78, 5) is 42.9. The summed E-state index contributed by atoms with van der Waals surface area (Å²) in [5.74, 6) is -2.09. The number of halogens is 1. The first-order valence-corrected chi connectivity index (χ1v) is 10.9. The average Bonchev–Trinajstić information content (AvgIpc) is 3.25. The molecule has 1 aromatic heterocycles. The molecule has 4 rings (SSSR count). The summed E-state index contributed by atoms with van der Waals surface area (Å²) in [6.07, 6.45) is -0.0916. The van der Waals surface area contributed by atoms with E-state index in [2.05, 4.69) is 10.3 Å². The van der Waals surface area contributed by atoms with Crippen LogP contribution in [0.15, 0.2) is 47.8 Å². The Labute approximate surface area is 193 Å². The van der Waals surface area contributed by atoms with Gasteiger partial charge in [-0.15, -0.1) is 11.3 Å². The number of thiazole rings is 1. The molecule has 0 bridgehead atoms. The molecule has 0 spiro atoms. The number of aromatic nitrogens is 1. The number of nitrogens with zero attached hydrogens (tertiary/aromatic N) is 2. The first-order valence-electron chi connectivity index (χ1n) is 10.0. The number of nitrogens with one attached hydrogen (secondary N) is 1. The minimum absolute atomic E-state index is 0.0916. The van der Waals surface area contributed by atoms with Gasteiger partial charge in [0.2, 0.25) is 11.8 Å². The van der Waals surface area contributed by atoms with Crippen molar-refractivity contribution in [1.29, 1.82) is 0 Å². The van der Waals surface area contributed by atoms with Crippen LogP contribution in [0.5, 0.6) is 5.75 Å². The fraction of sp³-hybridized carbons (Fsp3) is 0.217. The van der Waals surface area contributed by atoms with Crippen LogP contribution in [0, 0.1) is 5.82 Å². The number of carbonyl (C=O) groups is 3. The van der Waals surface area contributed by atoms with Crippen molar-refractivity contribution in [2.24, 2.45) is 0 Å². The van der Waals surface area contributed by atoms with E-state index < -0.39 is 17.7 Å². The summed E-state index contributed by atoms with van der Waals surface area (Å²) >= 11 is 1.22. The summed E-state index contributed by atoms with van der Waals surface area (Å²) in [5, 5.41) is 4.65. The lowest BCUT2D eigenvalue weighted by molar-refractivity contribution is -0.148. The van der Waals surface area contributed by atoms with Crippen LogP contribution < -0.4 is 15.0 Å². The van der Waals surface area contributed by atoms with Gasteiger partial charge in [0.05, 0.1) is 24.4 Å². The van der Waals surface area contributed by atoms with E-state index in [0.29, 0.717) is 27.8 Å². The number of anilines is 3. The smallest absolute Gasteiger partial charge is 0.314 e. The van der Waals surface area contributed by atoms with Crippen molar-refractivity contribution in [2.45, 2.75) is 25.9 Å². The molecule has 1 unspecified atom stereocenters. The van der Waals surface area contributed by atoms with E-state index in [-0.39, 0.29) is 30.5 Å². The Morgan fingerprint density at radius 1 is 1.27 bits per heavy atom. The molecule has 1 atom stereocenters. The Morgan fingerprint density at radius 3 is 2.82 bits per heavy atom. The van der Waals surface area contributed by atoms with Crippen molar-refractivity contribution in [3.8, 4) is 5.75 Å². The third-order valence-corrected chi connectivity index (χ3v) is 5.95. The fourth-order valence-corrected chi connectivity index (χ4v) is 4.44. The molecule has 10 heteroatoms. The van der Waals surface area contributed by atoms with Crippen molar-refractivity contribution >= 4 is 45.6 Å². The molecule has 33 heavy (non-hydrogen) atoms. The third kappa shape index (κ3) is 4.70. The van der Waals surface area contributed by atoms with Crippen LogP contribution in [0.2, 0.25) is 0 Å². The average molecular weight is 469 g/mol. The highest BCUT2D eigenvalue weighted by Crippen LogP contribution is 2.36. The minimum atomic E-state index is -0.838. The van der Waals surface area contributed by atoms with Crippen LogP contribution >= 0.6 is 11.3 Å². The maximum Gasteiger partial charge on any atom is 0.314 e. The Morgan fingerprint density at radius 2 is 2.06 bits per heavy atom. The summed E-state index contributed by atoms with van der Waals surface area (Å²) in [7, 11) is 1.52. The highest BCUT2D eigenvalue weighted by atomic mass is 32.1. The Kier molecular flexibility index (Phi) is 6.36. The van der Waals surface area contributed by atoms with E-state index in [9.17, 15) is 18.8 Å². The molecule has 1 N–H and O–H groups in total. The zero-order chi connectivity index (χ0) is 23.5. The van der Waals surface area contributed by atoms with E-state index in [1.54, 1.807) is 29.6 Å². The van der Waals surface area contributed by atoms with Gasteiger partial charge in [-0.2, -0.15) is 0 Å². The first-order chi connectivity index (χ1) is 15.9. The lowest BCUT2D eigenvalue weighted by atomic mass is 9.90. The molecule has 2 aromatic carbocycles. The fourth-order valence-electron chi connectivity index (χ4n) is 3.58. The van der Waals surface area contributed by atoms with Gasteiger partial charge in [0.1, 0.15) is 18.2 Å². The summed E-state index contributed by atoms with van der Waals surface area (Å²) < 4.78 is 24.3. The summed E-state index contributed by atoms with van der Waals surface area (Å²) in [6, 6.07) is 10.9. The van der Waals surface area contributed by atoms with Crippen molar-refractivity contribution in [3.05, 3.63) is 64.9 Å². The standard InChI is InChI=1S/C23H20FN3O5S/c1-13(28)27(19-5-3-4-6-20(19)31-2)23-25-15(12-33-23)11-32-22(30)17-10-21(29)26-18-9-14(24)7-8-16(17)18/h3-9,12,17H,10-11H2,1-2H3,(H,26,29). The Bertz CT molecular complexity index is 1230. The van der Waals surface area contributed by atoms with Crippen LogP contribution in [-0.2, 0) is 25.7 Å². The number of ether oxygens (including phenoxy) is 2. The Balaban J connectivity index is 1.50. The van der Waals surface area contributed by atoms with Gasteiger partial charge in [-0.1, -0.05) is 18.2 Å². The maximum absolute atomic E-state index is 13.5. The monoisotopic (exact) mass is 469 g/mol. The molecular weight excluding hydrogens is 449 g/mol.